The number of likely N-dealkylation sites (tertiary alicyclic amines) is 1. The molecule has 0 radical (unpaired) electrons. The quantitative estimate of drug-likeness (QED) is 0.465. The van der Waals surface area contributed by atoms with Crippen molar-refractivity contribution >= 4 is 17.7 Å². The largest absolute Gasteiger partial charge is 0.388 e. The second-order valence-electron chi connectivity index (χ2n) is 8.24. The van der Waals surface area contributed by atoms with Crippen molar-refractivity contribution < 1.29 is 24.9 Å². The summed E-state index contributed by atoms with van der Waals surface area (Å²) in [5.74, 6) is 0.296. The predicted octanol–water partition coefficient (Wildman–Crippen LogP) is 0.418. The minimum absolute atomic E-state index is 0.00183. The molecule has 8 heteroatoms. The van der Waals surface area contributed by atoms with Crippen LogP contribution < -0.4 is 5.32 Å². The first kappa shape index (κ1) is 22.9. The maximum atomic E-state index is 13.0. The minimum Gasteiger partial charge on any atom is -0.388 e. The predicted molar refractivity (Wildman–Crippen MR) is 106 cm³/mol. The first-order valence-electron chi connectivity index (χ1n) is 9.95. The number of thioether (sulfide) groups is 1. The van der Waals surface area contributed by atoms with Gasteiger partial charge in [0.15, 0.2) is 0 Å². The third-order valence-electron chi connectivity index (χ3n) is 5.86. The normalized spacial score (nSPS) is 38.5. The SMILES string of the molecule is CCCC[C@H]1CN(C)[C@@H]1C(=O)N[C@H](C(C)C)[C@H]1O[C@H](SC)[C@H](O)[C@@H](O)[C@H]1O. The van der Waals surface area contributed by atoms with Gasteiger partial charge in [-0.15, -0.1) is 11.8 Å². The van der Waals surface area contributed by atoms with E-state index in [9.17, 15) is 20.1 Å². The Morgan fingerprint density at radius 2 is 1.93 bits per heavy atom. The number of hydrogen-bond acceptors (Lipinski definition) is 7. The topological polar surface area (TPSA) is 102 Å². The minimum atomic E-state index is -1.30. The molecule has 0 bridgehead atoms. The molecule has 1 amide bonds. The van der Waals surface area contributed by atoms with Gasteiger partial charge in [-0.1, -0.05) is 33.6 Å². The second kappa shape index (κ2) is 9.89. The molecule has 0 aromatic heterocycles. The highest BCUT2D eigenvalue weighted by molar-refractivity contribution is 7.99. The molecule has 0 aromatic rings. The van der Waals surface area contributed by atoms with Crippen LogP contribution in [-0.2, 0) is 9.53 Å². The van der Waals surface area contributed by atoms with Crippen LogP contribution in [0.5, 0.6) is 0 Å². The van der Waals surface area contributed by atoms with Gasteiger partial charge in [0.05, 0.1) is 12.1 Å². The van der Waals surface area contributed by atoms with Crippen LogP contribution in [-0.4, -0.2) is 87.9 Å². The highest BCUT2D eigenvalue weighted by Crippen LogP contribution is 2.32. The summed E-state index contributed by atoms with van der Waals surface area (Å²) in [5.41, 5.74) is -0.643. The van der Waals surface area contributed by atoms with Crippen molar-refractivity contribution in [3.05, 3.63) is 0 Å². The molecule has 0 spiro atoms. The third-order valence-corrected chi connectivity index (χ3v) is 6.72. The zero-order valence-electron chi connectivity index (χ0n) is 17.0. The zero-order chi connectivity index (χ0) is 20.3. The molecule has 2 heterocycles. The van der Waals surface area contributed by atoms with Gasteiger partial charge in [-0.3, -0.25) is 9.69 Å². The molecule has 7 nitrogen and oxygen atoms in total. The monoisotopic (exact) mass is 404 g/mol. The number of aliphatic hydroxyl groups excluding tert-OH is 3. The van der Waals surface area contributed by atoms with E-state index in [1.165, 1.54) is 11.8 Å². The summed E-state index contributed by atoms with van der Waals surface area (Å²) in [6, 6.07) is -0.615. The molecule has 158 valence electrons. The summed E-state index contributed by atoms with van der Waals surface area (Å²) >= 11 is 1.28. The van der Waals surface area contributed by atoms with Crippen LogP contribution in [0.1, 0.15) is 40.0 Å². The summed E-state index contributed by atoms with van der Waals surface area (Å²) < 4.78 is 5.88. The van der Waals surface area contributed by atoms with Crippen LogP contribution in [0.2, 0.25) is 0 Å². The van der Waals surface area contributed by atoms with Crippen LogP contribution in [0.25, 0.3) is 0 Å². The van der Waals surface area contributed by atoms with Gasteiger partial charge in [0.1, 0.15) is 29.9 Å². The van der Waals surface area contributed by atoms with Gasteiger partial charge < -0.3 is 25.4 Å². The molecule has 2 aliphatic rings. The van der Waals surface area contributed by atoms with Crippen molar-refractivity contribution in [2.45, 2.75) is 82.0 Å². The molecule has 8 atom stereocenters. The maximum Gasteiger partial charge on any atom is 0.238 e. The summed E-state index contributed by atoms with van der Waals surface area (Å²) in [5, 5.41) is 33.8. The van der Waals surface area contributed by atoms with Crippen molar-refractivity contribution in [2.24, 2.45) is 11.8 Å². The molecule has 0 aromatic carbocycles. The smallest absolute Gasteiger partial charge is 0.238 e. The Hall–Kier alpha value is -0.380. The molecule has 0 unspecified atom stereocenters. The van der Waals surface area contributed by atoms with E-state index in [1.54, 1.807) is 6.26 Å². The van der Waals surface area contributed by atoms with E-state index < -0.39 is 35.9 Å². The molecule has 0 aliphatic carbocycles. The number of carbonyl (C=O) groups is 1. The van der Waals surface area contributed by atoms with Gasteiger partial charge in [0, 0.05) is 6.54 Å². The Kier molecular flexibility index (Phi) is 8.39. The van der Waals surface area contributed by atoms with Crippen molar-refractivity contribution in [1.29, 1.82) is 0 Å². The second-order valence-corrected chi connectivity index (χ2v) is 9.18. The molecule has 0 saturated carbocycles. The number of amides is 1. The Labute approximate surface area is 166 Å². The molecule has 4 N–H and O–H groups in total. The Balaban J connectivity index is 2.09. The van der Waals surface area contributed by atoms with Gasteiger partial charge in [0.25, 0.3) is 0 Å². The first-order valence-corrected chi connectivity index (χ1v) is 11.2. The number of carbonyl (C=O) groups excluding carboxylic acids is 1. The lowest BCUT2D eigenvalue weighted by molar-refractivity contribution is -0.208. The average molecular weight is 405 g/mol. The standard InChI is InChI=1S/C19H36N2O5S/c1-6-7-8-11-9-21(4)13(11)18(25)20-12(10(2)3)17-15(23)14(22)16(24)19(26-17)27-5/h10-17,19,22-24H,6-9H2,1-5H3,(H,20,25)/t11-,12+,13-,14-,15+,16+,17+,19+/m0/s1. The molecule has 2 saturated heterocycles. The van der Waals surface area contributed by atoms with Gasteiger partial charge in [-0.2, -0.15) is 0 Å². The molecule has 27 heavy (non-hydrogen) atoms. The number of nitrogens with zero attached hydrogens (tertiary/aromatic N) is 1. The number of nitrogens with one attached hydrogen (secondary N) is 1. The van der Waals surface area contributed by atoms with Crippen LogP contribution in [0, 0.1) is 11.8 Å². The first-order chi connectivity index (χ1) is 12.7. The molecular formula is C19H36N2O5S. The van der Waals surface area contributed by atoms with E-state index in [0.29, 0.717) is 5.92 Å². The van der Waals surface area contributed by atoms with E-state index in [0.717, 1.165) is 25.8 Å². The van der Waals surface area contributed by atoms with Crippen LogP contribution in [0.15, 0.2) is 0 Å². The van der Waals surface area contributed by atoms with E-state index in [2.05, 4.69) is 17.1 Å². The van der Waals surface area contributed by atoms with Gasteiger partial charge in [-0.25, -0.2) is 0 Å². The Morgan fingerprint density at radius 3 is 2.44 bits per heavy atom. The van der Waals surface area contributed by atoms with E-state index >= 15 is 0 Å². The number of aliphatic hydroxyl groups is 3. The fraction of sp³-hybridized carbons (Fsp3) is 0.947. The van der Waals surface area contributed by atoms with E-state index in [-0.39, 0.29) is 17.9 Å². The molecule has 2 rings (SSSR count). The average Bonchev–Trinajstić information content (AvgIpc) is 2.61. The highest BCUT2D eigenvalue weighted by atomic mass is 32.2. The molecule has 2 fully saturated rings. The lowest BCUT2D eigenvalue weighted by Crippen LogP contribution is -2.67. The van der Waals surface area contributed by atoms with Crippen molar-refractivity contribution in [3.8, 4) is 0 Å². The van der Waals surface area contributed by atoms with Gasteiger partial charge >= 0.3 is 0 Å². The third kappa shape index (κ3) is 4.97. The number of hydrogen-bond donors (Lipinski definition) is 4. The van der Waals surface area contributed by atoms with Gasteiger partial charge in [0.2, 0.25) is 5.91 Å². The number of rotatable bonds is 8. The van der Waals surface area contributed by atoms with E-state index in [4.69, 9.17) is 4.74 Å². The van der Waals surface area contributed by atoms with Gasteiger partial charge in [-0.05, 0) is 31.6 Å². The summed E-state index contributed by atoms with van der Waals surface area (Å²) in [4.78, 5) is 15.0. The molecular weight excluding hydrogens is 368 g/mol. The molecule has 2 aliphatic heterocycles. The maximum absolute atomic E-state index is 13.0. The highest BCUT2D eigenvalue weighted by Gasteiger charge is 2.48. The number of unbranched alkanes of at least 4 members (excludes halogenated alkanes) is 1. The van der Waals surface area contributed by atoms with Crippen molar-refractivity contribution in [3.63, 3.8) is 0 Å². The van der Waals surface area contributed by atoms with E-state index in [1.807, 2.05) is 20.9 Å². The fourth-order valence-electron chi connectivity index (χ4n) is 4.18. The zero-order valence-corrected chi connectivity index (χ0v) is 17.9. The van der Waals surface area contributed by atoms with Crippen LogP contribution in [0.3, 0.4) is 0 Å². The lowest BCUT2D eigenvalue weighted by atomic mass is 9.83. The van der Waals surface area contributed by atoms with Crippen molar-refractivity contribution in [2.75, 3.05) is 19.8 Å². The van der Waals surface area contributed by atoms with Crippen LogP contribution >= 0.6 is 11.8 Å². The van der Waals surface area contributed by atoms with Crippen LogP contribution in [0.4, 0.5) is 0 Å². The number of likely N-dealkylation sites (N-methyl/N-ethyl adjacent to an activating group) is 1. The summed E-state index contributed by atoms with van der Waals surface area (Å²) in [6.45, 7) is 6.97. The summed E-state index contributed by atoms with van der Waals surface area (Å²) in [7, 11) is 1.95. The summed E-state index contributed by atoms with van der Waals surface area (Å²) in [6.07, 6.45) is 0.540. The number of ether oxygens (including phenoxy) is 1. The fourth-order valence-corrected chi connectivity index (χ4v) is 4.86. The Morgan fingerprint density at radius 1 is 1.26 bits per heavy atom. The van der Waals surface area contributed by atoms with Crippen molar-refractivity contribution in [1.82, 2.24) is 10.2 Å². The Bertz CT molecular complexity index is 493. The lowest BCUT2D eigenvalue weighted by Gasteiger charge is -2.47.